The predicted molar refractivity (Wildman–Crippen MR) is 79.0 cm³/mol. The molecule has 1 fully saturated rings. The molecule has 0 aromatic heterocycles. The second-order valence-electron chi connectivity index (χ2n) is 5.20. The molecule has 0 aliphatic carbocycles. The van der Waals surface area contributed by atoms with Crippen LogP contribution in [0.1, 0.15) is 37.8 Å². The lowest BCUT2D eigenvalue weighted by atomic mass is 10.1. The smallest absolute Gasteiger partial charge is 0.119 e. The van der Waals surface area contributed by atoms with Crippen LogP contribution < -0.4 is 10.1 Å². The Labute approximate surface area is 121 Å². The van der Waals surface area contributed by atoms with Crippen molar-refractivity contribution in [3.8, 4) is 5.75 Å². The highest BCUT2D eigenvalue weighted by atomic mass is 16.5. The van der Waals surface area contributed by atoms with Gasteiger partial charge < -0.3 is 19.9 Å². The zero-order valence-corrected chi connectivity index (χ0v) is 12.2. The van der Waals surface area contributed by atoms with E-state index < -0.39 is 0 Å². The van der Waals surface area contributed by atoms with Gasteiger partial charge in [0.05, 0.1) is 25.4 Å². The van der Waals surface area contributed by atoms with Gasteiger partial charge in [-0.2, -0.15) is 0 Å². The van der Waals surface area contributed by atoms with Crippen LogP contribution >= 0.6 is 0 Å². The Hall–Kier alpha value is -1.10. The molecule has 2 unspecified atom stereocenters. The van der Waals surface area contributed by atoms with Crippen LogP contribution in [0.3, 0.4) is 0 Å². The standard InChI is InChI=1S/C16H25NO3/c1-2-8-19-14-6-3-5-13(10-14)16(12-18)17-11-15-7-4-9-20-15/h3,5-6,10,15-18H,2,4,7-9,11-12H2,1H3. The second kappa shape index (κ2) is 8.25. The van der Waals surface area contributed by atoms with Crippen molar-refractivity contribution >= 4 is 0 Å². The molecule has 0 amide bonds. The van der Waals surface area contributed by atoms with Crippen molar-refractivity contribution in [3.63, 3.8) is 0 Å². The first-order valence-electron chi connectivity index (χ1n) is 7.52. The van der Waals surface area contributed by atoms with Gasteiger partial charge in [0.1, 0.15) is 5.75 Å². The maximum absolute atomic E-state index is 9.58. The van der Waals surface area contributed by atoms with E-state index in [1.807, 2.05) is 24.3 Å². The van der Waals surface area contributed by atoms with E-state index in [9.17, 15) is 5.11 Å². The molecular weight excluding hydrogens is 254 g/mol. The van der Waals surface area contributed by atoms with Crippen molar-refractivity contribution in [1.82, 2.24) is 5.32 Å². The molecular formula is C16H25NO3. The van der Waals surface area contributed by atoms with E-state index in [0.717, 1.165) is 50.3 Å². The van der Waals surface area contributed by atoms with Gasteiger partial charge in [0.15, 0.2) is 0 Å². The van der Waals surface area contributed by atoms with Crippen LogP contribution in [0.4, 0.5) is 0 Å². The summed E-state index contributed by atoms with van der Waals surface area (Å²) in [5.41, 5.74) is 1.05. The minimum Gasteiger partial charge on any atom is -0.494 e. The normalized spacial score (nSPS) is 20.0. The van der Waals surface area contributed by atoms with Gasteiger partial charge in [-0.3, -0.25) is 0 Å². The van der Waals surface area contributed by atoms with E-state index in [0.29, 0.717) is 0 Å². The van der Waals surface area contributed by atoms with Crippen molar-refractivity contribution < 1.29 is 14.6 Å². The summed E-state index contributed by atoms with van der Waals surface area (Å²) in [5, 5.41) is 13.0. The van der Waals surface area contributed by atoms with Crippen LogP contribution in [0, 0.1) is 0 Å². The fraction of sp³-hybridized carbons (Fsp3) is 0.625. The Bertz CT molecular complexity index is 391. The van der Waals surface area contributed by atoms with Crippen molar-refractivity contribution in [1.29, 1.82) is 0 Å². The molecule has 4 heteroatoms. The molecule has 1 aromatic rings. The number of aliphatic hydroxyl groups excluding tert-OH is 1. The second-order valence-corrected chi connectivity index (χ2v) is 5.20. The minimum absolute atomic E-state index is 0.0654. The molecule has 112 valence electrons. The first kappa shape index (κ1) is 15.3. The zero-order valence-electron chi connectivity index (χ0n) is 12.2. The molecule has 4 nitrogen and oxygen atoms in total. The van der Waals surface area contributed by atoms with E-state index in [-0.39, 0.29) is 18.8 Å². The Balaban J connectivity index is 1.91. The maximum atomic E-state index is 9.58. The van der Waals surface area contributed by atoms with Crippen molar-refractivity contribution in [2.24, 2.45) is 0 Å². The molecule has 1 heterocycles. The van der Waals surface area contributed by atoms with E-state index in [1.165, 1.54) is 0 Å². The van der Waals surface area contributed by atoms with E-state index in [4.69, 9.17) is 9.47 Å². The zero-order chi connectivity index (χ0) is 14.2. The maximum Gasteiger partial charge on any atom is 0.119 e. The quantitative estimate of drug-likeness (QED) is 0.766. The summed E-state index contributed by atoms with van der Waals surface area (Å²) in [6.07, 6.45) is 3.51. The Morgan fingerprint density at radius 3 is 3.10 bits per heavy atom. The summed E-state index contributed by atoms with van der Waals surface area (Å²) in [5.74, 6) is 0.863. The third-order valence-electron chi connectivity index (χ3n) is 3.53. The molecule has 0 spiro atoms. The summed E-state index contributed by atoms with van der Waals surface area (Å²) in [4.78, 5) is 0. The summed E-state index contributed by atoms with van der Waals surface area (Å²) >= 11 is 0. The topological polar surface area (TPSA) is 50.7 Å². The lowest BCUT2D eigenvalue weighted by Crippen LogP contribution is -2.31. The van der Waals surface area contributed by atoms with Crippen molar-refractivity contribution in [2.75, 3.05) is 26.4 Å². The molecule has 2 atom stereocenters. The molecule has 1 aromatic carbocycles. The lowest BCUT2D eigenvalue weighted by molar-refractivity contribution is 0.104. The molecule has 0 saturated carbocycles. The summed E-state index contributed by atoms with van der Waals surface area (Å²) in [7, 11) is 0. The van der Waals surface area contributed by atoms with Crippen molar-refractivity contribution in [2.45, 2.75) is 38.3 Å². The molecule has 20 heavy (non-hydrogen) atoms. The fourth-order valence-electron chi connectivity index (χ4n) is 2.41. The van der Waals surface area contributed by atoms with Crippen LogP contribution in [0.2, 0.25) is 0 Å². The Morgan fingerprint density at radius 1 is 1.50 bits per heavy atom. The van der Waals surface area contributed by atoms with Crippen LogP contribution in [-0.4, -0.2) is 37.6 Å². The van der Waals surface area contributed by atoms with Crippen molar-refractivity contribution in [3.05, 3.63) is 29.8 Å². The SMILES string of the molecule is CCCOc1cccc(C(CO)NCC2CCCO2)c1. The van der Waals surface area contributed by atoms with Crippen LogP contribution in [0.15, 0.2) is 24.3 Å². The van der Waals surface area contributed by atoms with E-state index in [2.05, 4.69) is 12.2 Å². The van der Waals surface area contributed by atoms with Gasteiger partial charge in [0.2, 0.25) is 0 Å². The molecule has 1 aliphatic rings. The predicted octanol–water partition coefficient (Wildman–Crippen LogP) is 2.28. The average Bonchev–Trinajstić information content (AvgIpc) is 2.99. The highest BCUT2D eigenvalue weighted by molar-refractivity contribution is 5.30. The number of benzene rings is 1. The lowest BCUT2D eigenvalue weighted by Gasteiger charge is -2.20. The molecule has 2 N–H and O–H groups in total. The van der Waals surface area contributed by atoms with E-state index >= 15 is 0 Å². The molecule has 0 radical (unpaired) electrons. The summed E-state index contributed by atoms with van der Waals surface area (Å²) in [6, 6.07) is 7.87. The van der Waals surface area contributed by atoms with Gasteiger partial charge in [-0.1, -0.05) is 19.1 Å². The van der Waals surface area contributed by atoms with E-state index in [1.54, 1.807) is 0 Å². The largest absolute Gasteiger partial charge is 0.494 e. The van der Waals surface area contributed by atoms with Gasteiger partial charge in [-0.25, -0.2) is 0 Å². The number of aliphatic hydroxyl groups is 1. The Morgan fingerprint density at radius 2 is 2.40 bits per heavy atom. The highest BCUT2D eigenvalue weighted by Gasteiger charge is 2.18. The van der Waals surface area contributed by atoms with Gasteiger partial charge >= 0.3 is 0 Å². The molecule has 1 saturated heterocycles. The summed E-state index contributed by atoms with van der Waals surface area (Å²) < 4.78 is 11.2. The number of hydrogen-bond donors (Lipinski definition) is 2. The van der Waals surface area contributed by atoms with Gasteiger partial charge in [0.25, 0.3) is 0 Å². The number of nitrogens with one attached hydrogen (secondary N) is 1. The third-order valence-corrected chi connectivity index (χ3v) is 3.53. The number of ether oxygens (including phenoxy) is 2. The van der Waals surface area contributed by atoms with Gasteiger partial charge in [-0.15, -0.1) is 0 Å². The summed E-state index contributed by atoms with van der Waals surface area (Å²) in [6.45, 7) is 4.52. The van der Waals surface area contributed by atoms with Gasteiger partial charge in [-0.05, 0) is 37.0 Å². The minimum atomic E-state index is -0.0654. The monoisotopic (exact) mass is 279 g/mol. The first-order chi connectivity index (χ1) is 9.83. The third kappa shape index (κ3) is 4.47. The first-order valence-corrected chi connectivity index (χ1v) is 7.52. The Kier molecular flexibility index (Phi) is 6.30. The fourth-order valence-corrected chi connectivity index (χ4v) is 2.41. The molecule has 1 aliphatic heterocycles. The highest BCUT2D eigenvalue weighted by Crippen LogP contribution is 2.20. The molecule has 0 bridgehead atoms. The number of hydrogen-bond acceptors (Lipinski definition) is 4. The molecule has 2 rings (SSSR count). The average molecular weight is 279 g/mol. The van der Waals surface area contributed by atoms with Crippen LogP contribution in [0.25, 0.3) is 0 Å². The number of rotatable bonds is 8. The van der Waals surface area contributed by atoms with Gasteiger partial charge in [0, 0.05) is 13.2 Å². The van der Waals surface area contributed by atoms with Crippen LogP contribution in [-0.2, 0) is 4.74 Å². The van der Waals surface area contributed by atoms with Crippen LogP contribution in [0.5, 0.6) is 5.75 Å².